The molecule has 2 rings (SSSR count). The summed E-state index contributed by atoms with van der Waals surface area (Å²) in [7, 11) is 2.25. The van der Waals surface area contributed by atoms with Crippen molar-refractivity contribution in [3.63, 3.8) is 0 Å². The maximum atomic E-state index is 9.03. The normalized spacial score (nSPS) is 22.3. The van der Waals surface area contributed by atoms with Crippen molar-refractivity contribution in [2.45, 2.75) is 45.4 Å². The minimum atomic E-state index is 0.285. The second kappa shape index (κ2) is 7.25. The average Bonchev–Trinajstić information content (AvgIpc) is 2.53. The quantitative estimate of drug-likeness (QED) is 0.806. The molecule has 0 saturated carbocycles. The molecule has 110 valence electrons. The van der Waals surface area contributed by atoms with Gasteiger partial charge < -0.3 is 4.90 Å². The Hall–Kier alpha value is -1.84. The van der Waals surface area contributed by atoms with Crippen LogP contribution in [0.3, 0.4) is 0 Å². The van der Waals surface area contributed by atoms with Crippen LogP contribution in [0.5, 0.6) is 0 Å². The fourth-order valence-corrected chi connectivity index (χ4v) is 3.27. The topological polar surface area (TPSA) is 52.0 Å². The average molecular weight is 282 g/mol. The highest BCUT2D eigenvalue weighted by molar-refractivity contribution is 5.49. The van der Waals surface area contributed by atoms with Crippen molar-refractivity contribution in [3.8, 4) is 12.1 Å². The Kier molecular flexibility index (Phi) is 5.37. The van der Waals surface area contributed by atoms with Crippen LogP contribution in [-0.2, 0) is 0 Å². The molecule has 0 fully saturated rings. The molecule has 2 aliphatic rings. The van der Waals surface area contributed by atoms with E-state index in [2.05, 4.69) is 26.1 Å². The Labute approximate surface area is 127 Å². The minimum Gasteiger partial charge on any atom is -0.308 e. The Balaban J connectivity index is 2.24. The fourth-order valence-electron chi connectivity index (χ4n) is 3.27. The summed E-state index contributed by atoms with van der Waals surface area (Å²) in [5.74, 6) is 0.620. The summed E-state index contributed by atoms with van der Waals surface area (Å²) in [4.78, 5) is 1.51. The summed E-state index contributed by atoms with van der Waals surface area (Å²) in [5.41, 5.74) is 4.02. The molecule has 0 bridgehead atoms. The first kappa shape index (κ1) is 15.5. The van der Waals surface area contributed by atoms with Crippen molar-refractivity contribution >= 4 is 0 Å². The van der Waals surface area contributed by atoms with Crippen LogP contribution < -0.4 is 4.90 Å². The van der Waals surface area contributed by atoms with E-state index in [1.165, 1.54) is 48.4 Å². The Bertz CT molecular complexity index is 550. The van der Waals surface area contributed by atoms with E-state index in [1.54, 1.807) is 0 Å². The summed E-state index contributed by atoms with van der Waals surface area (Å²) in [6.07, 6.45) is 11.2. The maximum Gasteiger partial charge on any atom is 0.132 e. The van der Waals surface area contributed by atoms with Gasteiger partial charge in [0, 0.05) is 6.42 Å². The molecule has 0 saturated heterocycles. The van der Waals surface area contributed by atoms with Gasteiger partial charge in [0.25, 0.3) is 0 Å². The van der Waals surface area contributed by atoms with Crippen LogP contribution in [0.2, 0.25) is 0 Å². The number of allylic oxidation sites excluding steroid dienone is 6. The smallest absolute Gasteiger partial charge is 0.132 e. The summed E-state index contributed by atoms with van der Waals surface area (Å²) in [6, 6.07) is 4.05. The number of nitriles is 2. The van der Waals surface area contributed by atoms with Gasteiger partial charge in [-0.2, -0.15) is 10.5 Å². The van der Waals surface area contributed by atoms with Crippen LogP contribution in [0.1, 0.15) is 45.4 Å². The number of nitrogens with one attached hydrogen (secondary N) is 1. The monoisotopic (exact) mass is 282 g/mol. The first-order chi connectivity index (χ1) is 10.2. The molecule has 0 aromatic rings. The Morgan fingerprint density at radius 3 is 2.62 bits per heavy atom. The third-order valence-corrected chi connectivity index (χ3v) is 4.68. The van der Waals surface area contributed by atoms with Gasteiger partial charge in [-0.25, -0.2) is 0 Å². The van der Waals surface area contributed by atoms with Crippen LogP contribution in [0, 0.1) is 28.6 Å². The van der Waals surface area contributed by atoms with E-state index in [-0.39, 0.29) is 5.57 Å². The van der Waals surface area contributed by atoms with E-state index in [1.807, 2.05) is 12.1 Å². The number of quaternary nitrogens is 1. The lowest BCUT2D eigenvalue weighted by molar-refractivity contribution is -0.841. The molecule has 2 aliphatic carbocycles. The molecule has 2 atom stereocenters. The molecular weight excluding hydrogens is 258 g/mol. The first-order valence-electron chi connectivity index (χ1n) is 7.97. The van der Waals surface area contributed by atoms with E-state index >= 15 is 0 Å². The molecule has 0 heterocycles. The minimum absolute atomic E-state index is 0.285. The van der Waals surface area contributed by atoms with Crippen molar-refractivity contribution in [1.29, 1.82) is 10.5 Å². The molecule has 1 unspecified atom stereocenters. The number of rotatable bonds is 4. The molecule has 0 spiro atoms. The van der Waals surface area contributed by atoms with E-state index < -0.39 is 0 Å². The van der Waals surface area contributed by atoms with Gasteiger partial charge in [0.1, 0.15) is 23.4 Å². The van der Waals surface area contributed by atoms with Crippen molar-refractivity contribution in [2.24, 2.45) is 5.92 Å². The molecular formula is C18H24N3+. The highest BCUT2D eigenvalue weighted by Crippen LogP contribution is 2.36. The standard InChI is InChI=1S/C18H23N3/c1-3-4-9-21(2)18-8-7-14-5-6-15(10-16(14)11-18)17(12-19)13-20/h10-11,14H,3-9H2,1-2H3/p+1/t14-/m0/s1. The van der Waals surface area contributed by atoms with Gasteiger partial charge in [-0.05, 0) is 48.8 Å². The second-order valence-electron chi connectivity index (χ2n) is 6.10. The van der Waals surface area contributed by atoms with E-state index in [4.69, 9.17) is 10.5 Å². The zero-order chi connectivity index (χ0) is 15.2. The van der Waals surface area contributed by atoms with Crippen molar-refractivity contribution in [3.05, 3.63) is 34.6 Å². The number of unbranched alkanes of at least 4 members (excludes halogenated alkanes) is 1. The van der Waals surface area contributed by atoms with Crippen molar-refractivity contribution < 1.29 is 4.90 Å². The third-order valence-electron chi connectivity index (χ3n) is 4.68. The Morgan fingerprint density at radius 1 is 1.24 bits per heavy atom. The molecule has 0 aromatic carbocycles. The van der Waals surface area contributed by atoms with Gasteiger partial charge >= 0.3 is 0 Å². The van der Waals surface area contributed by atoms with Crippen LogP contribution in [0.25, 0.3) is 0 Å². The van der Waals surface area contributed by atoms with Gasteiger partial charge in [-0.1, -0.05) is 19.4 Å². The van der Waals surface area contributed by atoms with Gasteiger partial charge in [0.05, 0.1) is 13.6 Å². The number of fused-ring (bicyclic) bond motifs is 1. The summed E-state index contributed by atoms with van der Waals surface area (Å²) in [5, 5.41) is 18.1. The largest absolute Gasteiger partial charge is 0.308 e. The Morgan fingerprint density at radius 2 is 1.95 bits per heavy atom. The summed E-state index contributed by atoms with van der Waals surface area (Å²) >= 11 is 0. The second-order valence-corrected chi connectivity index (χ2v) is 6.10. The predicted molar refractivity (Wildman–Crippen MR) is 83.0 cm³/mol. The maximum absolute atomic E-state index is 9.03. The zero-order valence-electron chi connectivity index (χ0n) is 13.1. The third kappa shape index (κ3) is 3.63. The number of nitrogens with zero attached hydrogens (tertiary/aromatic N) is 2. The van der Waals surface area contributed by atoms with Crippen molar-refractivity contribution in [1.82, 2.24) is 0 Å². The summed E-state index contributed by atoms with van der Waals surface area (Å²) in [6.45, 7) is 3.41. The highest BCUT2D eigenvalue weighted by Gasteiger charge is 2.27. The molecule has 3 nitrogen and oxygen atoms in total. The van der Waals surface area contributed by atoms with Crippen LogP contribution in [-0.4, -0.2) is 13.6 Å². The highest BCUT2D eigenvalue weighted by atomic mass is 15.1. The van der Waals surface area contributed by atoms with Crippen LogP contribution in [0.4, 0.5) is 0 Å². The fraction of sp³-hybridized carbons (Fsp3) is 0.556. The first-order valence-corrected chi connectivity index (χ1v) is 7.97. The van der Waals surface area contributed by atoms with Gasteiger partial charge in [0.15, 0.2) is 0 Å². The van der Waals surface area contributed by atoms with Gasteiger partial charge in [-0.3, -0.25) is 0 Å². The lowest BCUT2D eigenvalue weighted by Gasteiger charge is -2.30. The van der Waals surface area contributed by atoms with E-state index in [0.717, 1.165) is 18.4 Å². The molecule has 21 heavy (non-hydrogen) atoms. The lowest BCUT2D eigenvalue weighted by Crippen LogP contribution is -3.07. The van der Waals surface area contributed by atoms with Gasteiger partial charge in [-0.15, -0.1) is 0 Å². The number of hydrogen-bond donors (Lipinski definition) is 1. The van der Waals surface area contributed by atoms with E-state index in [9.17, 15) is 0 Å². The summed E-state index contributed by atoms with van der Waals surface area (Å²) < 4.78 is 0. The zero-order valence-corrected chi connectivity index (χ0v) is 13.1. The molecule has 0 aromatic heterocycles. The lowest BCUT2D eigenvalue weighted by atomic mass is 9.78. The van der Waals surface area contributed by atoms with Crippen molar-refractivity contribution in [2.75, 3.05) is 13.6 Å². The molecule has 0 radical (unpaired) electrons. The van der Waals surface area contributed by atoms with Crippen LogP contribution in [0.15, 0.2) is 34.6 Å². The van der Waals surface area contributed by atoms with Gasteiger partial charge in [0.2, 0.25) is 0 Å². The molecule has 1 N–H and O–H groups in total. The molecule has 0 amide bonds. The predicted octanol–water partition coefficient (Wildman–Crippen LogP) is 2.66. The number of hydrogen-bond acceptors (Lipinski definition) is 2. The van der Waals surface area contributed by atoms with Crippen LogP contribution >= 0.6 is 0 Å². The molecule has 0 aliphatic heterocycles. The molecule has 3 heteroatoms. The van der Waals surface area contributed by atoms with E-state index in [0.29, 0.717) is 5.92 Å². The SMILES string of the molecule is CCCC[NH+](C)C1=CC2=CC(=C(C#N)C#N)CC[C@H]2CC1.